The van der Waals surface area contributed by atoms with E-state index in [0.29, 0.717) is 0 Å². The third kappa shape index (κ3) is 3.79. The molecule has 3 atom stereocenters. The molecule has 1 fully saturated rings. The predicted octanol–water partition coefficient (Wildman–Crippen LogP) is -0.471. The molecule has 0 aromatic rings. The van der Waals surface area contributed by atoms with Crippen molar-refractivity contribution in [3.05, 3.63) is 0 Å². The molecule has 0 spiro atoms. The maximum Gasteiger partial charge on any atom is 0.308 e. The number of nitrogens with one attached hydrogen (secondary N) is 2. The van der Waals surface area contributed by atoms with Crippen LogP contribution in [0.3, 0.4) is 0 Å². The number of carbonyl (C=O) groups excluding carboxylic acids is 1. The van der Waals surface area contributed by atoms with Crippen molar-refractivity contribution in [2.45, 2.75) is 38.5 Å². The number of ether oxygens (including phenoxy) is 1. The lowest BCUT2D eigenvalue weighted by Gasteiger charge is -2.29. The van der Waals surface area contributed by atoms with Crippen molar-refractivity contribution < 1.29 is 9.53 Å². The van der Waals surface area contributed by atoms with E-state index in [1.54, 1.807) is 6.92 Å². The fourth-order valence-corrected chi connectivity index (χ4v) is 1.56. The van der Waals surface area contributed by atoms with Crippen LogP contribution < -0.4 is 16.8 Å². The Morgan fingerprint density at radius 1 is 1.69 bits per heavy atom. The Morgan fingerprint density at radius 2 is 2.38 bits per heavy atom. The van der Waals surface area contributed by atoms with Crippen LogP contribution in [0.25, 0.3) is 0 Å². The minimum atomic E-state index is -0.402. The molecular formula is C10H20N4O2. The Bertz CT molecular complexity index is 270. The van der Waals surface area contributed by atoms with Gasteiger partial charge in [-0.2, -0.15) is 0 Å². The lowest BCUT2D eigenvalue weighted by Crippen LogP contribution is -2.51. The standard InChI is InChI=1S/C10H20N4O2/c1-6(9(12)13)5-8(15)16-10-7(11)3-2-4-14-10/h6-7,10,14H,2-5,11H2,1H3,(H3,12,13). The summed E-state index contributed by atoms with van der Waals surface area (Å²) in [4.78, 5) is 11.5. The molecule has 0 aromatic heterocycles. The Morgan fingerprint density at radius 3 is 2.94 bits per heavy atom. The number of esters is 1. The summed E-state index contributed by atoms with van der Waals surface area (Å²) in [5, 5.41) is 10.2. The van der Waals surface area contributed by atoms with E-state index in [9.17, 15) is 4.79 Å². The van der Waals surface area contributed by atoms with Crippen LogP contribution in [0.5, 0.6) is 0 Å². The fourth-order valence-electron chi connectivity index (χ4n) is 1.56. The highest BCUT2D eigenvalue weighted by Gasteiger charge is 2.25. The molecule has 0 aliphatic carbocycles. The zero-order chi connectivity index (χ0) is 12.1. The molecule has 92 valence electrons. The molecule has 1 aliphatic heterocycles. The van der Waals surface area contributed by atoms with Gasteiger partial charge in [-0.25, -0.2) is 0 Å². The van der Waals surface area contributed by atoms with Crippen LogP contribution in [-0.2, 0) is 9.53 Å². The topological polar surface area (TPSA) is 114 Å². The van der Waals surface area contributed by atoms with E-state index < -0.39 is 6.23 Å². The third-order valence-corrected chi connectivity index (χ3v) is 2.71. The predicted molar refractivity (Wildman–Crippen MR) is 60.8 cm³/mol. The van der Waals surface area contributed by atoms with Gasteiger partial charge >= 0.3 is 5.97 Å². The van der Waals surface area contributed by atoms with Crippen LogP contribution in [-0.4, -0.2) is 30.6 Å². The Hall–Kier alpha value is -1.14. The molecule has 1 heterocycles. The van der Waals surface area contributed by atoms with Crippen LogP contribution in [0, 0.1) is 11.3 Å². The highest BCUT2D eigenvalue weighted by Crippen LogP contribution is 2.10. The highest BCUT2D eigenvalue weighted by atomic mass is 16.6. The quantitative estimate of drug-likeness (QED) is 0.295. The zero-order valence-corrected chi connectivity index (χ0v) is 9.53. The monoisotopic (exact) mass is 228 g/mol. The molecule has 1 aliphatic rings. The molecule has 0 radical (unpaired) electrons. The Balaban J connectivity index is 2.35. The normalized spacial score (nSPS) is 27.1. The maximum atomic E-state index is 11.5. The summed E-state index contributed by atoms with van der Waals surface area (Å²) in [6, 6.07) is -0.148. The van der Waals surface area contributed by atoms with Crippen molar-refractivity contribution in [2.24, 2.45) is 17.4 Å². The third-order valence-electron chi connectivity index (χ3n) is 2.71. The summed E-state index contributed by atoms with van der Waals surface area (Å²) in [6.07, 6.45) is 1.58. The molecule has 6 nitrogen and oxygen atoms in total. The van der Waals surface area contributed by atoms with Gasteiger partial charge in [-0.3, -0.25) is 15.5 Å². The summed E-state index contributed by atoms with van der Waals surface area (Å²) < 4.78 is 5.20. The molecule has 0 saturated carbocycles. The molecule has 1 saturated heterocycles. The second kappa shape index (κ2) is 5.81. The number of hydrogen-bond acceptors (Lipinski definition) is 5. The van der Waals surface area contributed by atoms with Crippen LogP contribution in [0.2, 0.25) is 0 Å². The first-order valence-corrected chi connectivity index (χ1v) is 5.53. The second-order valence-electron chi connectivity index (χ2n) is 4.23. The maximum absolute atomic E-state index is 11.5. The van der Waals surface area contributed by atoms with E-state index in [1.165, 1.54) is 0 Å². The van der Waals surface area contributed by atoms with E-state index in [4.69, 9.17) is 21.6 Å². The summed E-state index contributed by atoms with van der Waals surface area (Å²) in [6.45, 7) is 2.53. The van der Waals surface area contributed by atoms with Crippen molar-refractivity contribution >= 4 is 11.8 Å². The van der Waals surface area contributed by atoms with Gasteiger partial charge in [0, 0.05) is 5.92 Å². The number of rotatable bonds is 4. The van der Waals surface area contributed by atoms with Crippen LogP contribution in [0.15, 0.2) is 0 Å². The molecular weight excluding hydrogens is 208 g/mol. The molecule has 6 heteroatoms. The molecule has 16 heavy (non-hydrogen) atoms. The van der Waals surface area contributed by atoms with E-state index in [2.05, 4.69) is 5.32 Å². The van der Waals surface area contributed by atoms with E-state index in [1.807, 2.05) is 0 Å². The number of carbonyl (C=O) groups is 1. The minimum absolute atomic E-state index is 0.00199. The molecule has 3 unspecified atom stereocenters. The largest absolute Gasteiger partial charge is 0.445 e. The molecule has 6 N–H and O–H groups in total. The fraction of sp³-hybridized carbons (Fsp3) is 0.800. The van der Waals surface area contributed by atoms with Gasteiger partial charge in [0.15, 0.2) is 6.23 Å². The first-order chi connectivity index (χ1) is 7.50. The Kier molecular flexibility index (Phi) is 4.70. The van der Waals surface area contributed by atoms with Gasteiger partial charge in [-0.15, -0.1) is 0 Å². The number of nitrogens with two attached hydrogens (primary N) is 2. The van der Waals surface area contributed by atoms with Crippen LogP contribution in [0.4, 0.5) is 0 Å². The summed E-state index contributed by atoms with van der Waals surface area (Å²) in [5.41, 5.74) is 11.1. The van der Waals surface area contributed by atoms with Crippen molar-refractivity contribution in [3.63, 3.8) is 0 Å². The Labute approximate surface area is 95.2 Å². The van der Waals surface area contributed by atoms with Gasteiger partial charge in [0.25, 0.3) is 0 Å². The first-order valence-electron chi connectivity index (χ1n) is 5.53. The number of hydrogen-bond donors (Lipinski definition) is 4. The molecule has 0 aromatic carbocycles. The van der Waals surface area contributed by atoms with E-state index in [0.717, 1.165) is 19.4 Å². The SMILES string of the molecule is CC(CC(=O)OC1NCCCC1N)C(=N)N. The van der Waals surface area contributed by atoms with E-state index in [-0.39, 0.29) is 30.2 Å². The van der Waals surface area contributed by atoms with Gasteiger partial charge in [0.1, 0.15) is 0 Å². The van der Waals surface area contributed by atoms with Crippen molar-refractivity contribution in [3.8, 4) is 0 Å². The lowest BCUT2D eigenvalue weighted by molar-refractivity contribution is -0.153. The molecule has 0 amide bonds. The average molecular weight is 228 g/mol. The van der Waals surface area contributed by atoms with E-state index >= 15 is 0 Å². The second-order valence-corrected chi connectivity index (χ2v) is 4.23. The molecule has 1 rings (SSSR count). The van der Waals surface area contributed by atoms with Gasteiger partial charge < -0.3 is 16.2 Å². The van der Waals surface area contributed by atoms with Crippen molar-refractivity contribution in [2.75, 3.05) is 6.54 Å². The zero-order valence-electron chi connectivity index (χ0n) is 9.53. The van der Waals surface area contributed by atoms with Gasteiger partial charge in [0.05, 0.1) is 18.3 Å². The van der Waals surface area contributed by atoms with Crippen molar-refractivity contribution in [1.29, 1.82) is 5.41 Å². The first kappa shape index (κ1) is 12.9. The summed E-state index contributed by atoms with van der Waals surface area (Å²) >= 11 is 0. The van der Waals surface area contributed by atoms with Gasteiger partial charge in [0.2, 0.25) is 0 Å². The molecule has 0 bridgehead atoms. The van der Waals surface area contributed by atoms with Crippen LogP contribution in [0.1, 0.15) is 26.2 Å². The van der Waals surface area contributed by atoms with Crippen LogP contribution >= 0.6 is 0 Å². The number of amidine groups is 1. The number of piperidine rings is 1. The summed E-state index contributed by atoms with van der Waals surface area (Å²) in [5.74, 6) is -0.650. The smallest absolute Gasteiger partial charge is 0.308 e. The van der Waals surface area contributed by atoms with Crippen molar-refractivity contribution in [1.82, 2.24) is 5.32 Å². The lowest BCUT2D eigenvalue weighted by atomic mass is 10.1. The minimum Gasteiger partial charge on any atom is -0.445 e. The van der Waals surface area contributed by atoms with Gasteiger partial charge in [-0.05, 0) is 19.4 Å². The summed E-state index contributed by atoms with van der Waals surface area (Å²) in [7, 11) is 0. The highest BCUT2D eigenvalue weighted by molar-refractivity contribution is 5.84. The average Bonchev–Trinajstić information content (AvgIpc) is 2.21. The van der Waals surface area contributed by atoms with Gasteiger partial charge in [-0.1, -0.05) is 6.92 Å².